The van der Waals surface area contributed by atoms with Crippen LogP contribution in [0.1, 0.15) is 77.6 Å². The first-order chi connectivity index (χ1) is 17.7. The normalized spacial score (nSPS) is 12.0. The molecule has 0 aliphatic heterocycles. The summed E-state index contributed by atoms with van der Waals surface area (Å²) in [6, 6.07) is 12.5. The van der Waals surface area contributed by atoms with Crippen molar-refractivity contribution in [2.45, 2.75) is 84.8 Å². The van der Waals surface area contributed by atoms with E-state index in [1.54, 1.807) is 38.1 Å². The largest absolute Gasteiger partial charge is 0.507 e. The van der Waals surface area contributed by atoms with E-state index in [4.69, 9.17) is 14.2 Å². The molecule has 2 rings (SSSR count). The van der Waals surface area contributed by atoms with Crippen LogP contribution in [-0.2, 0) is 47.7 Å². The lowest BCUT2D eigenvalue weighted by molar-refractivity contribution is -0.166. The molecule has 1 amide bonds. The highest BCUT2D eigenvalue weighted by Gasteiger charge is 2.51. The van der Waals surface area contributed by atoms with Crippen molar-refractivity contribution in [2.24, 2.45) is 0 Å². The molecule has 8 heteroatoms. The van der Waals surface area contributed by atoms with Crippen LogP contribution in [0.4, 0.5) is 4.79 Å². The summed E-state index contributed by atoms with van der Waals surface area (Å²) in [5.74, 6) is -1.77. The highest BCUT2D eigenvalue weighted by Crippen LogP contribution is 2.40. The first kappa shape index (κ1) is 30.7. The molecule has 2 N–H and O–H groups in total. The van der Waals surface area contributed by atoms with Crippen LogP contribution in [0.2, 0.25) is 0 Å². The van der Waals surface area contributed by atoms with Gasteiger partial charge in [0.15, 0.2) is 0 Å². The standard InChI is InChI=1S/C30H41NO7/c1-9-36-25(33)30(26(34)37-10-2,31-27(35)38-19-20-14-12-11-13-15-20)18-21-16-22(28(3,4)5)24(32)23(17-21)29(6,7)8/h11-17,32H,9-10,18-19H2,1-8H3,(H,31,35). The van der Waals surface area contributed by atoms with Gasteiger partial charge in [-0.2, -0.15) is 0 Å². The zero-order valence-electron chi connectivity index (χ0n) is 23.8. The molecule has 0 aromatic heterocycles. The molecule has 2 aromatic carbocycles. The van der Waals surface area contributed by atoms with E-state index in [1.807, 2.05) is 59.7 Å². The van der Waals surface area contributed by atoms with Crippen LogP contribution in [0, 0.1) is 0 Å². The van der Waals surface area contributed by atoms with Crippen molar-refractivity contribution < 1.29 is 33.7 Å². The second-order valence-corrected chi connectivity index (χ2v) is 11.2. The summed E-state index contributed by atoms with van der Waals surface area (Å²) in [6.07, 6.45) is -1.24. The van der Waals surface area contributed by atoms with E-state index in [0.29, 0.717) is 16.7 Å². The average Bonchev–Trinajstić information content (AvgIpc) is 2.82. The van der Waals surface area contributed by atoms with Crippen LogP contribution in [0.3, 0.4) is 0 Å². The van der Waals surface area contributed by atoms with E-state index in [9.17, 15) is 19.5 Å². The summed E-state index contributed by atoms with van der Waals surface area (Å²) in [7, 11) is 0. The number of rotatable bonds is 9. The number of aromatic hydroxyl groups is 1. The lowest BCUT2D eigenvalue weighted by Gasteiger charge is -2.32. The van der Waals surface area contributed by atoms with Crippen molar-refractivity contribution in [3.8, 4) is 5.75 Å². The van der Waals surface area contributed by atoms with E-state index < -0.39 is 34.4 Å². The number of hydrogen-bond donors (Lipinski definition) is 2. The number of amides is 1. The molecule has 0 bridgehead atoms. The fraction of sp³-hybridized carbons (Fsp3) is 0.500. The highest BCUT2D eigenvalue weighted by molar-refractivity contribution is 6.07. The summed E-state index contributed by atoms with van der Waals surface area (Å²) in [6.45, 7) is 14.9. The lowest BCUT2D eigenvalue weighted by atomic mass is 9.77. The van der Waals surface area contributed by atoms with Crippen molar-refractivity contribution >= 4 is 18.0 Å². The van der Waals surface area contributed by atoms with E-state index >= 15 is 0 Å². The third-order valence-corrected chi connectivity index (χ3v) is 6.03. The number of hydrogen-bond acceptors (Lipinski definition) is 7. The summed E-state index contributed by atoms with van der Waals surface area (Å²) < 4.78 is 15.9. The quantitative estimate of drug-likeness (QED) is 0.258. The third-order valence-electron chi connectivity index (χ3n) is 6.03. The van der Waals surface area contributed by atoms with Gasteiger partial charge < -0.3 is 19.3 Å². The number of carbonyl (C=O) groups excluding carboxylic acids is 3. The molecule has 0 saturated heterocycles. The smallest absolute Gasteiger partial charge is 0.408 e. The van der Waals surface area contributed by atoms with Gasteiger partial charge in [-0.1, -0.05) is 84.0 Å². The molecule has 0 saturated carbocycles. The molecule has 8 nitrogen and oxygen atoms in total. The number of alkyl carbamates (subject to hydrolysis) is 1. The first-order valence-corrected chi connectivity index (χ1v) is 12.9. The van der Waals surface area contributed by atoms with Crippen LogP contribution in [-0.4, -0.2) is 41.9 Å². The summed E-state index contributed by atoms with van der Waals surface area (Å²) in [5, 5.41) is 13.6. The molecule has 0 aliphatic rings. The Morgan fingerprint density at radius 3 is 1.66 bits per heavy atom. The van der Waals surface area contributed by atoms with E-state index in [0.717, 1.165) is 5.56 Å². The average molecular weight is 528 g/mol. The van der Waals surface area contributed by atoms with Crippen molar-refractivity contribution in [1.29, 1.82) is 0 Å². The Kier molecular flexibility index (Phi) is 9.95. The molecule has 0 unspecified atom stereocenters. The Labute approximate surface area is 225 Å². The van der Waals surface area contributed by atoms with Crippen LogP contribution in [0.15, 0.2) is 42.5 Å². The molecule has 2 aromatic rings. The van der Waals surface area contributed by atoms with Gasteiger partial charge in [0.1, 0.15) is 12.4 Å². The Balaban J connectivity index is 2.62. The lowest BCUT2D eigenvalue weighted by Crippen LogP contribution is -2.63. The number of ether oxygens (including phenoxy) is 3. The van der Waals surface area contributed by atoms with Crippen LogP contribution in [0.25, 0.3) is 0 Å². The summed E-state index contributed by atoms with van der Waals surface area (Å²) >= 11 is 0. The monoisotopic (exact) mass is 527 g/mol. The molecule has 0 spiro atoms. The maximum Gasteiger partial charge on any atom is 0.408 e. The Morgan fingerprint density at radius 1 is 0.763 bits per heavy atom. The minimum atomic E-state index is -2.21. The van der Waals surface area contributed by atoms with Crippen LogP contribution < -0.4 is 5.32 Å². The van der Waals surface area contributed by atoms with E-state index in [2.05, 4.69) is 5.32 Å². The number of esters is 2. The molecule has 0 fully saturated rings. The second kappa shape index (κ2) is 12.3. The summed E-state index contributed by atoms with van der Waals surface area (Å²) in [4.78, 5) is 39.7. The van der Waals surface area contributed by atoms with E-state index in [1.165, 1.54) is 0 Å². The number of benzene rings is 2. The minimum absolute atomic E-state index is 0.0171. The highest BCUT2D eigenvalue weighted by atomic mass is 16.6. The zero-order valence-corrected chi connectivity index (χ0v) is 23.8. The molecule has 208 valence electrons. The van der Waals surface area contributed by atoms with Gasteiger partial charge in [-0.25, -0.2) is 14.4 Å². The number of phenols is 1. The molecular weight excluding hydrogens is 486 g/mol. The molecule has 0 atom stereocenters. The van der Waals surface area contributed by atoms with Gasteiger partial charge in [-0.3, -0.25) is 5.32 Å². The maximum atomic E-state index is 13.4. The topological polar surface area (TPSA) is 111 Å². The number of carbonyl (C=O) groups is 3. The number of nitrogens with one attached hydrogen (secondary N) is 1. The third kappa shape index (κ3) is 7.49. The fourth-order valence-corrected chi connectivity index (χ4v) is 4.06. The van der Waals surface area contributed by atoms with Gasteiger partial charge in [0.25, 0.3) is 0 Å². The molecule has 38 heavy (non-hydrogen) atoms. The molecule has 0 aliphatic carbocycles. The van der Waals surface area contributed by atoms with Crippen molar-refractivity contribution in [3.63, 3.8) is 0 Å². The predicted molar refractivity (Wildman–Crippen MR) is 145 cm³/mol. The van der Waals surface area contributed by atoms with Crippen molar-refractivity contribution in [1.82, 2.24) is 5.32 Å². The molecule has 0 radical (unpaired) electrons. The fourth-order valence-electron chi connectivity index (χ4n) is 4.06. The Hall–Kier alpha value is -3.55. The maximum absolute atomic E-state index is 13.4. The predicted octanol–water partition coefficient (Wildman–Crippen LogP) is 5.32. The Morgan fingerprint density at radius 2 is 1.24 bits per heavy atom. The van der Waals surface area contributed by atoms with Gasteiger partial charge in [-0.15, -0.1) is 0 Å². The van der Waals surface area contributed by atoms with Gasteiger partial charge in [0, 0.05) is 6.42 Å². The Bertz CT molecular complexity index is 1070. The van der Waals surface area contributed by atoms with Crippen molar-refractivity contribution in [3.05, 3.63) is 64.7 Å². The van der Waals surface area contributed by atoms with Crippen molar-refractivity contribution in [2.75, 3.05) is 13.2 Å². The first-order valence-electron chi connectivity index (χ1n) is 12.9. The van der Waals surface area contributed by atoms with Gasteiger partial charge in [0.05, 0.1) is 13.2 Å². The van der Waals surface area contributed by atoms with Gasteiger partial charge >= 0.3 is 18.0 Å². The SMILES string of the molecule is CCOC(=O)C(Cc1cc(C(C)(C)C)c(O)c(C(C)(C)C)c1)(NC(=O)OCc1ccccc1)C(=O)OCC. The minimum Gasteiger partial charge on any atom is -0.507 e. The van der Waals surface area contributed by atoms with E-state index in [-0.39, 0.29) is 32.0 Å². The number of phenolic OH excluding ortho intramolecular Hbond substituents is 1. The second-order valence-electron chi connectivity index (χ2n) is 11.2. The van der Waals surface area contributed by atoms with Gasteiger partial charge in [0.2, 0.25) is 5.54 Å². The molecular formula is C30H41NO7. The zero-order chi connectivity index (χ0) is 28.7. The van der Waals surface area contributed by atoms with Crippen LogP contribution >= 0.6 is 0 Å². The van der Waals surface area contributed by atoms with Gasteiger partial charge in [-0.05, 0) is 46.9 Å². The summed E-state index contributed by atoms with van der Waals surface area (Å²) in [5.41, 5.74) is -0.523. The molecule has 0 heterocycles. The van der Waals surface area contributed by atoms with Crippen LogP contribution in [0.5, 0.6) is 5.75 Å².